The molecule has 0 heterocycles. The van der Waals surface area contributed by atoms with Gasteiger partial charge in [-0.25, -0.2) is 0 Å². The minimum Gasteiger partial charge on any atom is -0.319 e. The van der Waals surface area contributed by atoms with Crippen molar-refractivity contribution in [3.63, 3.8) is 0 Å². The summed E-state index contributed by atoms with van der Waals surface area (Å²) < 4.78 is 0. The quantitative estimate of drug-likeness (QED) is 0.573. The predicted octanol–water partition coefficient (Wildman–Crippen LogP) is 2.78. The van der Waals surface area contributed by atoms with Crippen molar-refractivity contribution < 1.29 is 0 Å². The second-order valence-electron chi connectivity index (χ2n) is 2.83. The Balaban J connectivity index is 2.69. The Morgan fingerprint density at radius 1 is 1.42 bits per heavy atom. The van der Waals surface area contributed by atoms with E-state index in [0.717, 1.165) is 6.42 Å². The number of hydrogen-bond donors (Lipinski definition) is 1. The number of nitrogens with two attached hydrogens (primary N) is 1. The van der Waals surface area contributed by atoms with Gasteiger partial charge >= 0.3 is 0 Å². The zero-order chi connectivity index (χ0) is 8.97. The Hall–Kier alpha value is -0.470. The van der Waals surface area contributed by atoms with E-state index in [1.165, 1.54) is 10.5 Å². The van der Waals surface area contributed by atoms with Crippen LogP contribution in [0.2, 0.25) is 0 Å². The Morgan fingerprint density at radius 3 is 2.67 bits per heavy atom. The van der Waals surface area contributed by atoms with E-state index in [1.54, 1.807) is 11.8 Å². The summed E-state index contributed by atoms with van der Waals surface area (Å²) in [6.07, 6.45) is 1.01. The highest BCUT2D eigenvalue weighted by Gasteiger charge is 2.02. The molecule has 0 aliphatic carbocycles. The number of thioether (sulfide) groups is 1. The van der Waals surface area contributed by atoms with Crippen LogP contribution in [-0.2, 0) is 0 Å². The van der Waals surface area contributed by atoms with Crippen LogP contribution in [0.5, 0.6) is 0 Å². The van der Waals surface area contributed by atoms with Crippen LogP contribution in [-0.4, -0.2) is 5.37 Å². The molecule has 2 N–H and O–H groups in total. The molecule has 0 aromatic heterocycles. The van der Waals surface area contributed by atoms with Crippen LogP contribution in [0.15, 0.2) is 29.2 Å². The van der Waals surface area contributed by atoms with Gasteiger partial charge in [0.15, 0.2) is 0 Å². The zero-order valence-electron chi connectivity index (χ0n) is 7.58. The van der Waals surface area contributed by atoms with Crippen LogP contribution < -0.4 is 5.73 Å². The lowest BCUT2D eigenvalue weighted by atomic mass is 10.2. The molecule has 1 atom stereocenters. The molecule has 1 unspecified atom stereocenters. The third-order valence-corrected chi connectivity index (χ3v) is 3.12. The second-order valence-corrected chi connectivity index (χ2v) is 4.11. The molecular formula is C10H15NS. The summed E-state index contributed by atoms with van der Waals surface area (Å²) in [4.78, 5) is 1.30. The maximum absolute atomic E-state index is 5.84. The van der Waals surface area contributed by atoms with Crippen LogP contribution in [0.25, 0.3) is 0 Å². The Bertz CT molecular complexity index is 247. The molecule has 0 bridgehead atoms. The van der Waals surface area contributed by atoms with Gasteiger partial charge in [0.2, 0.25) is 0 Å². The van der Waals surface area contributed by atoms with E-state index in [0.29, 0.717) is 0 Å². The van der Waals surface area contributed by atoms with Crippen molar-refractivity contribution in [2.75, 3.05) is 0 Å². The first-order valence-corrected chi connectivity index (χ1v) is 5.10. The Morgan fingerprint density at radius 2 is 2.08 bits per heavy atom. The minimum atomic E-state index is 0.228. The van der Waals surface area contributed by atoms with Crippen molar-refractivity contribution in [1.29, 1.82) is 0 Å². The van der Waals surface area contributed by atoms with Gasteiger partial charge in [-0.2, -0.15) is 0 Å². The molecule has 12 heavy (non-hydrogen) atoms. The van der Waals surface area contributed by atoms with E-state index in [9.17, 15) is 0 Å². The van der Waals surface area contributed by atoms with Crippen molar-refractivity contribution in [1.82, 2.24) is 0 Å². The first-order valence-electron chi connectivity index (χ1n) is 4.22. The van der Waals surface area contributed by atoms with E-state index in [1.807, 2.05) is 0 Å². The maximum Gasteiger partial charge on any atom is 0.0551 e. The molecule has 0 saturated carbocycles. The number of benzene rings is 1. The van der Waals surface area contributed by atoms with Gasteiger partial charge in [-0.1, -0.05) is 25.1 Å². The topological polar surface area (TPSA) is 26.0 Å². The fourth-order valence-electron chi connectivity index (χ4n) is 0.935. The Kier molecular flexibility index (Phi) is 3.63. The molecule has 0 spiro atoms. The van der Waals surface area contributed by atoms with Crippen LogP contribution in [0.4, 0.5) is 0 Å². The third-order valence-electron chi connectivity index (χ3n) is 1.77. The molecule has 0 aliphatic heterocycles. The Labute approximate surface area is 78.4 Å². The SMILES string of the molecule is CCC(N)Sc1ccccc1C. The summed E-state index contributed by atoms with van der Waals surface area (Å²) in [5.41, 5.74) is 7.15. The molecular weight excluding hydrogens is 166 g/mol. The molecule has 1 aromatic rings. The largest absolute Gasteiger partial charge is 0.319 e. The van der Waals surface area contributed by atoms with Crippen LogP contribution >= 0.6 is 11.8 Å². The third kappa shape index (κ3) is 2.54. The van der Waals surface area contributed by atoms with Crippen LogP contribution in [0, 0.1) is 6.92 Å². The van der Waals surface area contributed by atoms with Gasteiger partial charge in [0.25, 0.3) is 0 Å². The van der Waals surface area contributed by atoms with E-state index in [4.69, 9.17) is 5.73 Å². The van der Waals surface area contributed by atoms with Crippen LogP contribution in [0.3, 0.4) is 0 Å². The molecule has 0 aliphatic rings. The molecule has 0 fully saturated rings. The van der Waals surface area contributed by atoms with Crippen molar-refractivity contribution in [3.8, 4) is 0 Å². The summed E-state index contributed by atoms with van der Waals surface area (Å²) >= 11 is 1.75. The van der Waals surface area contributed by atoms with E-state index >= 15 is 0 Å². The second kappa shape index (κ2) is 4.53. The lowest BCUT2D eigenvalue weighted by Crippen LogP contribution is -2.13. The summed E-state index contributed by atoms with van der Waals surface area (Å²) in [5.74, 6) is 0. The van der Waals surface area contributed by atoms with Gasteiger partial charge < -0.3 is 5.73 Å². The van der Waals surface area contributed by atoms with E-state index in [2.05, 4.69) is 38.1 Å². The zero-order valence-corrected chi connectivity index (χ0v) is 8.40. The van der Waals surface area contributed by atoms with Crippen molar-refractivity contribution in [2.45, 2.75) is 30.5 Å². The molecule has 1 aromatic carbocycles. The molecule has 0 amide bonds. The highest BCUT2D eigenvalue weighted by atomic mass is 32.2. The summed E-state index contributed by atoms with van der Waals surface area (Å²) in [5, 5.41) is 0.228. The molecule has 1 rings (SSSR count). The monoisotopic (exact) mass is 181 g/mol. The lowest BCUT2D eigenvalue weighted by molar-refractivity contribution is 0.867. The van der Waals surface area contributed by atoms with Crippen molar-refractivity contribution in [2.24, 2.45) is 5.73 Å². The maximum atomic E-state index is 5.84. The van der Waals surface area contributed by atoms with Gasteiger partial charge in [-0.15, -0.1) is 11.8 Å². The van der Waals surface area contributed by atoms with Gasteiger partial charge in [-0.05, 0) is 25.0 Å². The first-order chi connectivity index (χ1) is 5.74. The molecule has 1 nitrogen and oxygen atoms in total. The number of hydrogen-bond acceptors (Lipinski definition) is 2. The number of rotatable bonds is 3. The highest BCUT2D eigenvalue weighted by molar-refractivity contribution is 8.00. The van der Waals surface area contributed by atoms with Gasteiger partial charge in [-0.3, -0.25) is 0 Å². The average Bonchev–Trinajstić information content (AvgIpc) is 2.09. The number of aryl methyl sites for hydroxylation is 1. The predicted molar refractivity (Wildman–Crippen MR) is 55.3 cm³/mol. The normalized spacial score (nSPS) is 12.9. The van der Waals surface area contributed by atoms with Gasteiger partial charge in [0.05, 0.1) is 5.37 Å². The minimum absolute atomic E-state index is 0.228. The van der Waals surface area contributed by atoms with E-state index in [-0.39, 0.29) is 5.37 Å². The summed E-state index contributed by atoms with van der Waals surface area (Å²) in [6, 6.07) is 8.34. The first kappa shape index (κ1) is 9.62. The standard InChI is InChI=1S/C10H15NS/c1-3-10(11)12-9-7-5-4-6-8(9)2/h4-7,10H,3,11H2,1-2H3. The average molecular weight is 181 g/mol. The summed E-state index contributed by atoms with van der Waals surface area (Å²) in [6.45, 7) is 4.22. The van der Waals surface area contributed by atoms with Crippen LogP contribution in [0.1, 0.15) is 18.9 Å². The fraction of sp³-hybridized carbons (Fsp3) is 0.400. The highest BCUT2D eigenvalue weighted by Crippen LogP contribution is 2.24. The van der Waals surface area contributed by atoms with Crippen molar-refractivity contribution in [3.05, 3.63) is 29.8 Å². The van der Waals surface area contributed by atoms with Crippen molar-refractivity contribution >= 4 is 11.8 Å². The lowest BCUT2D eigenvalue weighted by Gasteiger charge is -2.09. The van der Waals surface area contributed by atoms with E-state index < -0.39 is 0 Å². The van der Waals surface area contributed by atoms with Gasteiger partial charge in [0.1, 0.15) is 0 Å². The van der Waals surface area contributed by atoms with Gasteiger partial charge in [0, 0.05) is 4.90 Å². The smallest absolute Gasteiger partial charge is 0.0551 e. The molecule has 0 radical (unpaired) electrons. The molecule has 0 saturated heterocycles. The molecule has 66 valence electrons. The fourth-order valence-corrected chi connectivity index (χ4v) is 1.84. The summed E-state index contributed by atoms with van der Waals surface area (Å²) in [7, 11) is 0. The molecule has 2 heteroatoms.